The van der Waals surface area contributed by atoms with Crippen LogP contribution in [0, 0.1) is 53.3 Å². The Balaban J connectivity index is 0.943. The van der Waals surface area contributed by atoms with Gasteiger partial charge in [0.25, 0.3) is 5.91 Å². The number of rotatable bonds is 13. The lowest BCUT2D eigenvalue weighted by Crippen LogP contribution is -2.58. The third-order valence-corrected chi connectivity index (χ3v) is 11.7. The van der Waals surface area contributed by atoms with Gasteiger partial charge < -0.3 is 34.3 Å². The number of nitrogens with zero attached hydrogens (tertiary/aromatic N) is 5. The molecule has 3 aromatic carbocycles. The van der Waals surface area contributed by atoms with Gasteiger partial charge in [0.2, 0.25) is 17.7 Å². The Morgan fingerprint density at radius 2 is 1.71 bits per heavy atom. The second kappa shape index (κ2) is 20.4. The van der Waals surface area contributed by atoms with Gasteiger partial charge in [0.1, 0.15) is 49.3 Å². The van der Waals surface area contributed by atoms with E-state index in [1.54, 1.807) is 66.1 Å². The normalized spacial score (nSPS) is 17.1. The molecule has 2 aliphatic heterocycles. The molecule has 0 unspecified atom stereocenters. The van der Waals surface area contributed by atoms with E-state index in [9.17, 15) is 24.4 Å². The van der Waals surface area contributed by atoms with Gasteiger partial charge in [-0.1, -0.05) is 69.5 Å². The number of likely N-dealkylation sites (tertiary alicyclic amines) is 1. The summed E-state index contributed by atoms with van der Waals surface area (Å²) in [5.74, 6) is 11.0. The van der Waals surface area contributed by atoms with Crippen LogP contribution in [0.4, 0.5) is 11.4 Å². The lowest BCUT2D eigenvalue weighted by molar-refractivity contribution is -0.144. The highest BCUT2D eigenvalue weighted by atomic mass is 35.5. The molecule has 65 heavy (non-hydrogen) atoms. The number of aromatic nitrogens is 1. The van der Waals surface area contributed by atoms with Crippen molar-refractivity contribution in [1.29, 1.82) is 5.26 Å². The lowest BCUT2D eigenvalue weighted by Gasteiger charge is -2.35. The number of amides is 4. The highest BCUT2D eigenvalue weighted by Crippen LogP contribution is 2.38. The fourth-order valence-electron chi connectivity index (χ4n) is 7.57. The Morgan fingerprint density at radius 1 is 1.03 bits per heavy atom. The molecule has 0 radical (unpaired) electrons. The van der Waals surface area contributed by atoms with Crippen molar-refractivity contribution in [3.8, 4) is 46.8 Å². The van der Waals surface area contributed by atoms with Gasteiger partial charge >= 0.3 is 0 Å². The number of anilines is 2. The van der Waals surface area contributed by atoms with E-state index in [1.165, 1.54) is 11.3 Å². The highest BCUT2D eigenvalue weighted by Gasteiger charge is 2.50. The van der Waals surface area contributed by atoms with Crippen LogP contribution >= 0.6 is 23.8 Å². The first-order chi connectivity index (χ1) is 30.9. The van der Waals surface area contributed by atoms with Crippen molar-refractivity contribution in [3.05, 3.63) is 95.0 Å². The summed E-state index contributed by atoms with van der Waals surface area (Å²) in [4.78, 5) is 62.9. The molecular weight excluding hydrogens is 866 g/mol. The first-order valence-electron chi connectivity index (χ1n) is 20.9. The van der Waals surface area contributed by atoms with Gasteiger partial charge in [-0.3, -0.25) is 24.1 Å². The topological polar surface area (TPSA) is 170 Å². The summed E-state index contributed by atoms with van der Waals surface area (Å²) in [6.07, 6.45) is 1.91. The van der Waals surface area contributed by atoms with Crippen LogP contribution in [0.5, 0.6) is 5.75 Å². The van der Waals surface area contributed by atoms with Gasteiger partial charge in [0, 0.05) is 24.3 Å². The molecule has 3 heterocycles. The highest BCUT2D eigenvalue weighted by molar-refractivity contribution is 7.81. The molecule has 0 spiro atoms. The van der Waals surface area contributed by atoms with Crippen LogP contribution in [0.15, 0.2) is 77.5 Å². The van der Waals surface area contributed by atoms with Crippen LogP contribution in [0.1, 0.15) is 64.8 Å². The number of thiocarbonyl (C=S) groups is 1. The first kappa shape index (κ1) is 47.8. The minimum Gasteiger partial charge on any atom is -0.481 e. The van der Waals surface area contributed by atoms with Gasteiger partial charge in [0.05, 0.1) is 22.0 Å². The minimum atomic E-state index is -1.00. The summed E-state index contributed by atoms with van der Waals surface area (Å²) in [6.45, 7) is 13.3. The number of aryl methyl sites for hydroxylation is 1. The summed E-state index contributed by atoms with van der Waals surface area (Å²) in [5.41, 5.74) is 2.36. The predicted molar refractivity (Wildman–Crippen MR) is 250 cm³/mol. The lowest BCUT2D eigenvalue weighted by atomic mass is 9.85. The van der Waals surface area contributed by atoms with Crippen molar-refractivity contribution in [2.24, 2.45) is 11.3 Å². The van der Waals surface area contributed by atoms with E-state index in [4.69, 9.17) is 37.7 Å². The standard InChI is InChI=1S/C49H50ClN7O7S/c1-31-24-40(44(59)52-27-33-12-14-34(15-13-33)42-32(2)53-30-64-42)55(28-31)45(60)43(48(3,4)5)54-41(58)29-62-22-10-8-9-11-23-63-38-20-18-36(19-21-38)57-47(65)56(46(61)49(57,6)7)37-17-16-35(26-51)39(50)25-37/h12-21,25,30-31,40,43H,22-24,27-29H2,1-7H3,(H,52,59)(H,54,58)/t31-,40+,43-/m1/s1. The summed E-state index contributed by atoms with van der Waals surface area (Å²) in [6, 6.07) is 19.9. The van der Waals surface area contributed by atoms with Crippen LogP contribution in [0.25, 0.3) is 11.3 Å². The second-order valence-corrected chi connectivity index (χ2v) is 18.1. The van der Waals surface area contributed by atoms with Crippen LogP contribution in [0.2, 0.25) is 5.02 Å². The van der Waals surface area contributed by atoms with Crippen molar-refractivity contribution >= 4 is 63.9 Å². The Kier molecular flexibility index (Phi) is 15.0. The average molecular weight is 917 g/mol. The van der Waals surface area contributed by atoms with E-state index in [0.29, 0.717) is 41.4 Å². The zero-order valence-electron chi connectivity index (χ0n) is 37.3. The maximum atomic E-state index is 14.0. The second-order valence-electron chi connectivity index (χ2n) is 17.4. The largest absolute Gasteiger partial charge is 0.481 e. The molecule has 0 saturated carbocycles. The molecule has 0 bridgehead atoms. The molecule has 2 aliphatic rings. The summed E-state index contributed by atoms with van der Waals surface area (Å²) < 4.78 is 16.7. The maximum Gasteiger partial charge on any atom is 0.259 e. The predicted octanol–water partition coefficient (Wildman–Crippen LogP) is 6.58. The van der Waals surface area contributed by atoms with Gasteiger partial charge in [0.15, 0.2) is 17.3 Å². The van der Waals surface area contributed by atoms with Crippen LogP contribution < -0.4 is 25.2 Å². The van der Waals surface area contributed by atoms with E-state index < -0.39 is 28.9 Å². The Labute approximate surface area is 389 Å². The van der Waals surface area contributed by atoms with Gasteiger partial charge in [-0.25, -0.2) is 4.98 Å². The summed E-state index contributed by atoms with van der Waals surface area (Å²) in [5, 5.41) is 15.6. The van der Waals surface area contributed by atoms with Crippen molar-refractivity contribution < 1.29 is 33.1 Å². The third kappa shape index (κ3) is 11.2. The van der Waals surface area contributed by atoms with Crippen LogP contribution in [-0.4, -0.2) is 82.6 Å². The van der Waals surface area contributed by atoms with Gasteiger partial charge in [-0.2, -0.15) is 5.26 Å². The fraction of sp³-hybridized carbons (Fsp3) is 0.367. The zero-order chi connectivity index (χ0) is 47.1. The van der Waals surface area contributed by atoms with E-state index in [1.807, 2.05) is 65.0 Å². The molecule has 3 atom stereocenters. The smallest absolute Gasteiger partial charge is 0.259 e. The number of nitriles is 1. The maximum absolute atomic E-state index is 14.0. The summed E-state index contributed by atoms with van der Waals surface area (Å²) in [7, 11) is 0. The van der Waals surface area contributed by atoms with E-state index >= 15 is 0 Å². The first-order valence-corrected chi connectivity index (χ1v) is 21.7. The molecule has 16 heteroatoms. The van der Waals surface area contributed by atoms with Crippen LogP contribution in [0.3, 0.4) is 0 Å². The number of hydrogen-bond acceptors (Lipinski definition) is 10. The molecule has 2 fully saturated rings. The van der Waals surface area contributed by atoms with Crippen molar-refractivity contribution in [2.75, 3.05) is 36.2 Å². The fourth-order valence-corrected chi connectivity index (χ4v) is 8.31. The van der Waals surface area contributed by atoms with E-state index in [0.717, 1.165) is 16.8 Å². The number of halogens is 1. The number of hydrogen-bond donors (Lipinski definition) is 2. The molecule has 4 amide bonds. The monoisotopic (exact) mass is 915 g/mol. The summed E-state index contributed by atoms with van der Waals surface area (Å²) >= 11 is 12.0. The Bertz CT molecular complexity index is 2630. The molecule has 4 aromatic rings. The number of carbonyl (C=O) groups excluding carboxylic acids is 4. The Hall–Kier alpha value is -6.70. The molecule has 14 nitrogen and oxygen atoms in total. The molecule has 1 aromatic heterocycles. The number of oxazole rings is 1. The molecule has 336 valence electrons. The van der Waals surface area contributed by atoms with Crippen molar-refractivity contribution in [1.82, 2.24) is 20.5 Å². The molecule has 2 saturated heterocycles. The third-order valence-electron chi connectivity index (χ3n) is 11.0. The number of carbonyl (C=O) groups is 4. The van der Waals surface area contributed by atoms with Gasteiger partial charge in [-0.15, -0.1) is 0 Å². The molecule has 0 aliphatic carbocycles. The van der Waals surface area contributed by atoms with E-state index in [-0.39, 0.29) is 60.1 Å². The van der Waals surface area contributed by atoms with Crippen molar-refractivity contribution in [2.45, 2.75) is 79.1 Å². The molecular formula is C49H50ClN7O7S. The number of benzene rings is 3. The van der Waals surface area contributed by atoms with Gasteiger partial charge in [-0.05, 0) is 117 Å². The van der Waals surface area contributed by atoms with Crippen LogP contribution in [-0.2, 0) is 30.5 Å². The molecule has 6 rings (SSSR count). The van der Waals surface area contributed by atoms with Crippen molar-refractivity contribution in [3.63, 3.8) is 0 Å². The quantitative estimate of drug-likeness (QED) is 0.0845. The number of ether oxygens (including phenoxy) is 2. The SMILES string of the molecule is Cc1ncoc1-c1ccc(CNC(=O)[C@@H]2C[C@@H](C)CN2C(=O)[C@@H](NC(=O)COCC#CC#CCOc2ccc(N3C(=S)N(c4ccc(C#N)c(Cl)c4)C(=O)C3(C)C)cc2)C(C)(C)C)cc1. The zero-order valence-corrected chi connectivity index (χ0v) is 38.9. The number of nitrogens with one attached hydrogen (secondary N) is 2. The minimum absolute atomic E-state index is 0.0517. The van der Waals surface area contributed by atoms with E-state index in [2.05, 4.69) is 39.3 Å². The Morgan fingerprint density at radius 3 is 2.34 bits per heavy atom. The average Bonchev–Trinajstić information content (AvgIpc) is 3.93. The molecule has 2 N–H and O–H groups in total.